The third kappa shape index (κ3) is 59.6. The maximum Gasteiger partial charge on any atom is 0.305 e. The van der Waals surface area contributed by atoms with E-state index in [1.54, 1.807) is 0 Å². The molecule has 0 aliphatic carbocycles. The van der Waals surface area contributed by atoms with Crippen molar-refractivity contribution in [3.8, 4) is 0 Å². The summed E-state index contributed by atoms with van der Waals surface area (Å²) in [7, 11) is 0. The zero-order valence-electron chi connectivity index (χ0n) is 50.3. The third-order valence-corrected chi connectivity index (χ3v) is 15.6. The van der Waals surface area contributed by atoms with E-state index < -0.39 is 5.97 Å². The highest BCUT2D eigenvalue weighted by atomic mass is 16.5. The van der Waals surface area contributed by atoms with Crippen molar-refractivity contribution < 1.29 is 34.1 Å². The number of carboxylic acids is 1. The number of carboxylic acid groups (broad SMARTS) is 1. The second-order valence-electron chi connectivity index (χ2n) is 22.9. The molecule has 0 bridgehead atoms. The number of aliphatic hydroxyl groups is 1. The minimum absolute atomic E-state index is 0.0230. The Bertz CT molecular complexity index is 1210. The Morgan fingerprint density at radius 1 is 0.333 bits per heavy atom. The van der Waals surface area contributed by atoms with E-state index in [2.05, 4.69) is 29.6 Å². The van der Waals surface area contributed by atoms with Gasteiger partial charge in [-0.2, -0.15) is 0 Å². The molecule has 0 rings (SSSR count). The fourth-order valence-electron chi connectivity index (χ4n) is 10.6. The predicted octanol–water partition coefficient (Wildman–Crippen LogP) is 18.9. The molecule has 0 heterocycles. The van der Waals surface area contributed by atoms with Crippen LogP contribution in [0.5, 0.6) is 0 Å². The van der Waals surface area contributed by atoms with E-state index in [4.69, 9.17) is 14.6 Å². The van der Waals surface area contributed by atoms with Gasteiger partial charge in [0.1, 0.15) is 0 Å². The summed E-state index contributed by atoms with van der Waals surface area (Å²) < 4.78 is 11.4. The molecular weight excluding hydrogens is 933 g/mol. The van der Waals surface area contributed by atoms with Gasteiger partial charge in [0.2, 0.25) is 0 Å². The van der Waals surface area contributed by atoms with Crippen molar-refractivity contribution in [1.82, 2.24) is 9.80 Å². The molecule has 0 spiro atoms. The number of rotatable bonds is 65. The standard InChI is InChI=1S/C66H128N2O7/c1-3-5-7-9-11-13-15-16-17-18-19-20-21-22-23-24-26-28-39-49-62-75-66(73)53-42-34-31-37-45-55-67(54-44-36-30-33-41-52-65(71)72)58-50-59-68(57-46-47-60-69)56-43-35-29-32-40-51-64(63-70)74-61-48-38-27-25-14-12-10-8-6-4-2/h69H,3-62H2,1-2H3,(H,71,72). The van der Waals surface area contributed by atoms with E-state index in [9.17, 15) is 19.5 Å². The van der Waals surface area contributed by atoms with Gasteiger partial charge >= 0.3 is 11.9 Å². The lowest BCUT2D eigenvalue weighted by Crippen LogP contribution is -2.32. The van der Waals surface area contributed by atoms with Crippen LogP contribution in [0.3, 0.4) is 0 Å². The van der Waals surface area contributed by atoms with E-state index in [-0.39, 0.29) is 19.0 Å². The van der Waals surface area contributed by atoms with Gasteiger partial charge in [-0.25, -0.2) is 4.79 Å². The van der Waals surface area contributed by atoms with Crippen LogP contribution in [0.25, 0.3) is 0 Å². The summed E-state index contributed by atoms with van der Waals surface area (Å²) in [6.07, 6.45) is 61.2. The van der Waals surface area contributed by atoms with Crippen molar-refractivity contribution >= 4 is 17.9 Å². The highest BCUT2D eigenvalue weighted by Crippen LogP contribution is 2.18. The molecule has 0 fully saturated rings. The Kier molecular flexibility index (Phi) is 61.3. The van der Waals surface area contributed by atoms with Gasteiger partial charge in [-0.1, -0.05) is 251 Å². The van der Waals surface area contributed by atoms with E-state index in [1.165, 1.54) is 212 Å². The summed E-state index contributed by atoms with van der Waals surface area (Å²) in [6.45, 7) is 12.5. The number of nitrogens with zero attached hydrogens (tertiary/aromatic N) is 2. The average Bonchev–Trinajstić information content (AvgIpc) is 3.40. The minimum atomic E-state index is -0.694. The van der Waals surface area contributed by atoms with Crippen molar-refractivity contribution in [3.63, 3.8) is 0 Å². The molecule has 0 aromatic rings. The van der Waals surface area contributed by atoms with Crippen LogP contribution in [0.2, 0.25) is 0 Å². The first-order valence-electron chi connectivity index (χ1n) is 33.3. The highest BCUT2D eigenvalue weighted by Gasteiger charge is 2.10. The molecule has 0 aromatic carbocycles. The number of unbranched alkanes of at least 4 members (excludes halogenated alkanes) is 41. The molecule has 0 amide bonds. The average molecular weight is 1060 g/mol. The van der Waals surface area contributed by atoms with Crippen LogP contribution in [0.1, 0.15) is 341 Å². The number of carbonyl (C=O) groups is 2. The minimum Gasteiger partial charge on any atom is -0.487 e. The molecule has 0 radical (unpaired) electrons. The van der Waals surface area contributed by atoms with Crippen LogP contribution >= 0.6 is 0 Å². The number of hydrogen-bond acceptors (Lipinski definition) is 8. The van der Waals surface area contributed by atoms with Crippen LogP contribution in [0, 0.1) is 0 Å². The summed E-state index contributed by atoms with van der Waals surface area (Å²) in [4.78, 5) is 40.1. The predicted molar refractivity (Wildman–Crippen MR) is 321 cm³/mol. The lowest BCUT2D eigenvalue weighted by molar-refractivity contribution is -0.144. The van der Waals surface area contributed by atoms with Crippen LogP contribution in [-0.4, -0.2) is 97.0 Å². The molecule has 0 aliphatic heterocycles. The lowest BCUT2D eigenvalue weighted by Gasteiger charge is -2.26. The van der Waals surface area contributed by atoms with Crippen LogP contribution in [-0.2, 0) is 23.9 Å². The number of hydrogen-bond donors (Lipinski definition) is 2. The molecule has 0 saturated heterocycles. The fraction of sp³-hybridized carbons (Fsp3) is 0.939. The van der Waals surface area contributed by atoms with E-state index in [0.29, 0.717) is 31.8 Å². The van der Waals surface area contributed by atoms with Gasteiger partial charge in [-0.3, -0.25) is 9.59 Å². The monoisotopic (exact) mass is 1060 g/mol. The number of carbonyl (C=O) groups excluding carboxylic acids is 2. The summed E-state index contributed by atoms with van der Waals surface area (Å²) >= 11 is 0. The number of aliphatic carboxylic acids is 1. The quantitative estimate of drug-likeness (QED) is 0.0266. The van der Waals surface area contributed by atoms with E-state index >= 15 is 0 Å². The molecule has 444 valence electrons. The van der Waals surface area contributed by atoms with Gasteiger partial charge in [-0.15, -0.1) is 0 Å². The number of allylic oxidation sites excluding steroid dienone is 1. The lowest BCUT2D eigenvalue weighted by atomic mass is 10.0. The topological polar surface area (TPSA) is 117 Å². The Morgan fingerprint density at radius 2 is 0.613 bits per heavy atom. The maximum absolute atomic E-state index is 12.4. The molecule has 0 unspecified atom stereocenters. The Morgan fingerprint density at radius 3 is 0.960 bits per heavy atom. The second kappa shape index (κ2) is 62.9. The van der Waals surface area contributed by atoms with Crippen molar-refractivity contribution in [2.45, 2.75) is 341 Å². The number of esters is 1. The molecule has 0 atom stereocenters. The molecule has 9 heteroatoms. The van der Waals surface area contributed by atoms with Gasteiger partial charge in [0.05, 0.1) is 13.2 Å². The highest BCUT2D eigenvalue weighted by molar-refractivity contribution is 5.69. The van der Waals surface area contributed by atoms with Crippen LogP contribution in [0.15, 0.2) is 5.76 Å². The Hall–Kier alpha value is -1.93. The molecule has 75 heavy (non-hydrogen) atoms. The summed E-state index contributed by atoms with van der Waals surface area (Å²) in [5.74, 6) is 1.85. The number of ether oxygens (including phenoxy) is 2. The third-order valence-electron chi connectivity index (χ3n) is 15.6. The molecule has 2 N–H and O–H groups in total. The normalized spacial score (nSPS) is 11.5. The van der Waals surface area contributed by atoms with Crippen LogP contribution in [0.4, 0.5) is 0 Å². The summed E-state index contributed by atoms with van der Waals surface area (Å²) in [6, 6.07) is 0. The van der Waals surface area contributed by atoms with E-state index in [1.807, 2.05) is 0 Å². The SMILES string of the molecule is CCCCCCCCCCCCCCCCCCCCCCOC(=O)CCCCCCCN(CCCCCCCC(=O)O)CCCN(CCCCO)CCCCCCCC(=C=O)OCCCCCCCCCCCC. The van der Waals surface area contributed by atoms with Crippen molar-refractivity contribution in [2.75, 3.05) is 59.1 Å². The van der Waals surface area contributed by atoms with Gasteiger partial charge in [0.25, 0.3) is 0 Å². The Balaban J connectivity index is 4.24. The van der Waals surface area contributed by atoms with Gasteiger partial charge in [-0.05, 0) is 110 Å². The van der Waals surface area contributed by atoms with Crippen molar-refractivity contribution in [3.05, 3.63) is 5.76 Å². The molecule has 0 aromatic heterocycles. The Labute approximate surface area is 466 Å². The molecule has 0 aliphatic rings. The smallest absolute Gasteiger partial charge is 0.305 e. The van der Waals surface area contributed by atoms with Crippen molar-refractivity contribution in [2.24, 2.45) is 0 Å². The van der Waals surface area contributed by atoms with Crippen molar-refractivity contribution in [1.29, 1.82) is 0 Å². The summed E-state index contributed by atoms with van der Waals surface area (Å²) in [5.41, 5.74) is 0. The number of aliphatic hydroxyl groups excluding tert-OH is 1. The first kappa shape index (κ1) is 73.1. The maximum atomic E-state index is 12.4. The zero-order valence-corrected chi connectivity index (χ0v) is 50.3. The molecule has 0 saturated carbocycles. The molecule has 9 nitrogen and oxygen atoms in total. The summed E-state index contributed by atoms with van der Waals surface area (Å²) in [5, 5.41) is 18.5. The van der Waals surface area contributed by atoms with Gasteiger partial charge in [0, 0.05) is 25.9 Å². The second-order valence-corrected chi connectivity index (χ2v) is 22.9. The van der Waals surface area contributed by atoms with Gasteiger partial charge in [0.15, 0.2) is 11.7 Å². The zero-order chi connectivity index (χ0) is 54.4. The first-order chi connectivity index (χ1) is 37.0. The van der Waals surface area contributed by atoms with E-state index in [0.717, 1.165) is 136 Å². The van der Waals surface area contributed by atoms with Crippen LogP contribution < -0.4 is 0 Å². The fourth-order valence-corrected chi connectivity index (χ4v) is 10.6. The largest absolute Gasteiger partial charge is 0.487 e. The molecular formula is C66H128N2O7. The van der Waals surface area contributed by atoms with Gasteiger partial charge < -0.3 is 29.5 Å². The first-order valence-corrected chi connectivity index (χ1v) is 33.3.